The van der Waals surface area contributed by atoms with Crippen LogP contribution in [-0.4, -0.2) is 34.9 Å². The first-order valence-corrected chi connectivity index (χ1v) is 13.7. The van der Waals surface area contributed by atoms with Crippen LogP contribution in [0.15, 0.2) is 53.1 Å². The largest absolute Gasteiger partial charge is 0.435 e. The molecule has 0 N–H and O–H groups in total. The topological polar surface area (TPSA) is 68.5 Å². The lowest BCUT2D eigenvalue weighted by atomic mass is 9.42. The molecular formula is C30H32F3N3O3. The maximum absolute atomic E-state index is 14.3. The summed E-state index contributed by atoms with van der Waals surface area (Å²) in [5.74, 6) is 1.53. The number of aryl methyl sites for hydroxylation is 1. The van der Waals surface area contributed by atoms with Gasteiger partial charge in [0.15, 0.2) is 5.82 Å². The number of alkyl halides is 3. The third-order valence-electron chi connectivity index (χ3n) is 8.50. The molecule has 0 spiro atoms. The molecule has 0 saturated heterocycles. The highest BCUT2D eigenvalue weighted by atomic mass is 19.3. The minimum Gasteiger partial charge on any atom is -0.435 e. The minimum absolute atomic E-state index is 0.0136. The SMILES string of the molecule is CC1(c2nc(CCCCCN(C(=O)C34CC(F)(C3)C4)c3cccc(-c4ccc(OC(F)F)cc4)c3)no2)CC1. The second kappa shape index (κ2) is 9.68. The number of halogens is 3. The number of amides is 1. The van der Waals surface area contributed by atoms with Gasteiger partial charge < -0.3 is 14.2 Å². The van der Waals surface area contributed by atoms with E-state index in [1.165, 1.54) is 12.1 Å². The average molecular weight is 540 g/mol. The summed E-state index contributed by atoms with van der Waals surface area (Å²) < 4.78 is 49.2. The van der Waals surface area contributed by atoms with Gasteiger partial charge in [-0.1, -0.05) is 42.8 Å². The van der Waals surface area contributed by atoms with Gasteiger partial charge in [0.05, 0.1) is 5.41 Å². The Balaban J connectivity index is 1.12. The predicted octanol–water partition coefficient (Wildman–Crippen LogP) is 7.03. The molecule has 9 heteroatoms. The summed E-state index contributed by atoms with van der Waals surface area (Å²) in [5, 5.41) is 4.12. The van der Waals surface area contributed by atoms with Gasteiger partial charge in [-0.15, -0.1) is 0 Å². The predicted molar refractivity (Wildman–Crippen MR) is 139 cm³/mol. The third kappa shape index (κ3) is 5.15. The number of ether oxygens (including phenoxy) is 1. The highest BCUT2D eigenvalue weighted by Gasteiger charge is 2.73. The van der Waals surface area contributed by atoms with Gasteiger partial charge in [0.25, 0.3) is 0 Å². The fourth-order valence-corrected chi connectivity index (χ4v) is 5.94. The second-order valence-corrected chi connectivity index (χ2v) is 11.8. The van der Waals surface area contributed by atoms with Gasteiger partial charge in [0.1, 0.15) is 11.4 Å². The zero-order valence-corrected chi connectivity index (χ0v) is 22.0. The molecule has 4 aliphatic carbocycles. The molecule has 7 rings (SSSR count). The molecule has 4 fully saturated rings. The average Bonchev–Trinajstić information content (AvgIpc) is 3.44. The molecule has 3 aromatic rings. The van der Waals surface area contributed by atoms with Gasteiger partial charge in [-0.25, -0.2) is 4.39 Å². The summed E-state index contributed by atoms with van der Waals surface area (Å²) in [5.41, 5.74) is 0.737. The third-order valence-corrected chi connectivity index (χ3v) is 8.50. The van der Waals surface area contributed by atoms with Crippen molar-refractivity contribution in [3.63, 3.8) is 0 Å². The molecule has 0 aliphatic heterocycles. The molecule has 6 nitrogen and oxygen atoms in total. The van der Waals surface area contributed by atoms with E-state index in [0.29, 0.717) is 25.8 Å². The maximum atomic E-state index is 14.3. The zero-order valence-electron chi connectivity index (χ0n) is 22.0. The van der Waals surface area contributed by atoms with Crippen LogP contribution < -0.4 is 9.64 Å². The molecule has 4 aliphatic rings. The lowest BCUT2D eigenvalue weighted by molar-refractivity contribution is -0.211. The summed E-state index contributed by atoms with van der Waals surface area (Å²) in [6.45, 7) is -0.214. The number of carbonyl (C=O) groups excluding carboxylic acids is 1. The summed E-state index contributed by atoms with van der Waals surface area (Å²) in [6, 6.07) is 14.0. The molecule has 0 unspecified atom stereocenters. The number of nitrogens with zero attached hydrogens (tertiary/aromatic N) is 3. The van der Waals surface area contributed by atoms with Gasteiger partial charge in [-0.2, -0.15) is 13.8 Å². The Morgan fingerprint density at radius 3 is 2.46 bits per heavy atom. The Bertz CT molecular complexity index is 1330. The van der Waals surface area contributed by atoms with Crippen LogP contribution in [-0.2, 0) is 16.6 Å². The van der Waals surface area contributed by atoms with Crippen LogP contribution in [0.5, 0.6) is 5.75 Å². The van der Waals surface area contributed by atoms with E-state index < -0.39 is 17.7 Å². The molecule has 206 valence electrons. The maximum Gasteiger partial charge on any atom is 0.387 e. The van der Waals surface area contributed by atoms with Gasteiger partial charge >= 0.3 is 6.61 Å². The molecular weight excluding hydrogens is 507 g/mol. The van der Waals surface area contributed by atoms with Crippen molar-refractivity contribution in [1.82, 2.24) is 10.1 Å². The Morgan fingerprint density at radius 1 is 1.05 bits per heavy atom. The van der Waals surface area contributed by atoms with Crippen LogP contribution >= 0.6 is 0 Å². The summed E-state index contributed by atoms with van der Waals surface area (Å²) in [6.07, 6.45) is 6.36. The fourth-order valence-electron chi connectivity index (χ4n) is 5.94. The van der Waals surface area contributed by atoms with Crippen molar-refractivity contribution >= 4 is 11.6 Å². The van der Waals surface area contributed by atoms with E-state index in [9.17, 15) is 18.0 Å². The number of unbranched alkanes of at least 4 members (excludes halogenated alkanes) is 2. The van der Waals surface area contributed by atoms with Crippen molar-refractivity contribution in [2.24, 2.45) is 5.41 Å². The van der Waals surface area contributed by atoms with Crippen molar-refractivity contribution in [1.29, 1.82) is 0 Å². The molecule has 39 heavy (non-hydrogen) atoms. The van der Waals surface area contributed by atoms with E-state index in [0.717, 1.165) is 67.1 Å². The first kappa shape index (κ1) is 25.9. The van der Waals surface area contributed by atoms with E-state index >= 15 is 0 Å². The quantitative estimate of drug-likeness (QED) is 0.231. The van der Waals surface area contributed by atoms with E-state index in [1.807, 2.05) is 24.3 Å². The van der Waals surface area contributed by atoms with E-state index in [4.69, 9.17) is 4.52 Å². The molecule has 0 radical (unpaired) electrons. The van der Waals surface area contributed by atoms with Crippen molar-refractivity contribution in [2.45, 2.75) is 82.4 Å². The van der Waals surface area contributed by atoms with Crippen LogP contribution in [0.4, 0.5) is 18.9 Å². The van der Waals surface area contributed by atoms with Gasteiger partial charge in [0, 0.05) is 24.1 Å². The summed E-state index contributed by atoms with van der Waals surface area (Å²) in [4.78, 5) is 20.0. The fraction of sp³-hybridized carbons (Fsp3) is 0.500. The summed E-state index contributed by atoms with van der Waals surface area (Å²) >= 11 is 0. The molecule has 4 saturated carbocycles. The second-order valence-electron chi connectivity index (χ2n) is 11.8. The number of aromatic nitrogens is 2. The molecule has 2 bridgehead atoms. The highest BCUT2D eigenvalue weighted by molar-refractivity contribution is 6.00. The number of anilines is 1. The zero-order chi connectivity index (χ0) is 27.3. The summed E-state index contributed by atoms with van der Waals surface area (Å²) in [7, 11) is 0. The smallest absolute Gasteiger partial charge is 0.387 e. The lowest BCUT2D eigenvalue weighted by Crippen LogP contribution is -2.70. The number of hydrogen-bond donors (Lipinski definition) is 0. The lowest BCUT2D eigenvalue weighted by Gasteiger charge is -2.65. The molecule has 1 aromatic heterocycles. The molecule has 1 heterocycles. The van der Waals surface area contributed by atoms with Crippen LogP contribution in [0.3, 0.4) is 0 Å². The molecule has 1 amide bonds. The van der Waals surface area contributed by atoms with Crippen LogP contribution in [0, 0.1) is 5.41 Å². The van der Waals surface area contributed by atoms with Crippen molar-refractivity contribution in [3.05, 3.63) is 60.2 Å². The van der Waals surface area contributed by atoms with Crippen LogP contribution in [0.1, 0.15) is 70.0 Å². The standard InChI is InChI=1S/C30H32F3N3O3/c1-28(13-14-28)25-34-24(35-39-25)8-3-2-4-15-36(26(37)29-17-30(33,18-29)19-29)22-7-5-6-21(16-22)20-9-11-23(12-10-20)38-27(31)32/h5-7,9-12,16,27H,2-4,8,13-15,17-19H2,1H3. The number of hydrogen-bond acceptors (Lipinski definition) is 5. The van der Waals surface area contributed by atoms with Gasteiger partial charge in [-0.05, 0) is 80.3 Å². The number of carbonyl (C=O) groups is 1. The Labute approximate surface area is 225 Å². The monoisotopic (exact) mass is 539 g/mol. The minimum atomic E-state index is -2.88. The first-order valence-electron chi connectivity index (χ1n) is 13.7. The Kier molecular flexibility index (Phi) is 6.43. The van der Waals surface area contributed by atoms with E-state index in [-0.39, 0.29) is 17.1 Å². The van der Waals surface area contributed by atoms with Crippen molar-refractivity contribution in [2.75, 3.05) is 11.4 Å². The van der Waals surface area contributed by atoms with Crippen molar-refractivity contribution in [3.8, 4) is 16.9 Å². The number of rotatable bonds is 12. The molecule has 2 aromatic carbocycles. The number of benzene rings is 2. The normalized spacial score (nSPS) is 24.1. The Morgan fingerprint density at radius 2 is 1.79 bits per heavy atom. The van der Waals surface area contributed by atoms with Crippen LogP contribution in [0.2, 0.25) is 0 Å². The molecule has 0 atom stereocenters. The van der Waals surface area contributed by atoms with E-state index in [1.54, 1.807) is 17.0 Å². The van der Waals surface area contributed by atoms with E-state index in [2.05, 4.69) is 21.8 Å². The van der Waals surface area contributed by atoms with Gasteiger partial charge in [0.2, 0.25) is 11.8 Å². The van der Waals surface area contributed by atoms with Crippen LogP contribution in [0.25, 0.3) is 11.1 Å². The highest BCUT2D eigenvalue weighted by Crippen LogP contribution is 2.70. The van der Waals surface area contributed by atoms with Gasteiger partial charge in [-0.3, -0.25) is 4.79 Å². The van der Waals surface area contributed by atoms with Crippen molar-refractivity contribution < 1.29 is 27.2 Å². The first-order chi connectivity index (χ1) is 18.7. The Hall–Kier alpha value is -3.36.